The molecule has 16 rings (SSSR count). The Morgan fingerprint density at radius 1 is 0.263 bits per heavy atom. The van der Waals surface area contributed by atoms with Crippen LogP contribution in [0.15, 0.2) is 203 Å². The molecule has 0 fully saturated rings. The number of nitrogens with zero attached hydrogens (tertiary/aromatic N) is 12. The number of aromatic nitrogens is 12. The molecule has 12 nitrogen and oxygen atoms in total. The van der Waals surface area contributed by atoms with Crippen molar-refractivity contribution in [3.05, 3.63) is 286 Å². The van der Waals surface area contributed by atoms with E-state index in [9.17, 15) is 0 Å². The normalized spacial score (nSPS) is 12.9. The van der Waals surface area contributed by atoms with Crippen LogP contribution in [0, 0.1) is 48.5 Å². The summed E-state index contributed by atoms with van der Waals surface area (Å²) < 4.78 is 13.2. The van der Waals surface area contributed by atoms with Gasteiger partial charge in [0.05, 0.1) is 33.4 Å². The van der Waals surface area contributed by atoms with Crippen molar-refractivity contribution in [3.63, 3.8) is 0 Å². The molecule has 0 atom stereocenters. The highest BCUT2D eigenvalue weighted by Gasteiger charge is 2.27. The molecule has 0 saturated heterocycles. The van der Waals surface area contributed by atoms with Gasteiger partial charge in [0, 0.05) is 145 Å². The fraction of sp³-hybridized carbons (Fsp3) is 0.310. The molecule has 0 unspecified atom stereocenters. The highest BCUT2D eigenvalue weighted by atomic mass is 15.0. The van der Waals surface area contributed by atoms with Gasteiger partial charge >= 0.3 is 0 Å². The van der Waals surface area contributed by atoms with Crippen LogP contribution in [0.5, 0.6) is 0 Å². The number of pyridine rings is 12. The zero-order valence-corrected chi connectivity index (χ0v) is 60.8. The zero-order valence-electron chi connectivity index (χ0n) is 60.8. The lowest BCUT2D eigenvalue weighted by atomic mass is 9.88. The van der Waals surface area contributed by atoms with Crippen LogP contribution in [0.2, 0.25) is 0 Å². The second kappa shape index (κ2) is 32.9. The van der Waals surface area contributed by atoms with E-state index < -0.39 is 0 Å². The Balaban J connectivity index is 0.000000120. The molecule has 4 aliphatic rings. The predicted octanol–water partition coefficient (Wildman–Crippen LogP) is 14.3. The Morgan fingerprint density at radius 3 is 1.02 bits per heavy atom. The Morgan fingerprint density at radius 2 is 0.586 bits per heavy atom. The summed E-state index contributed by atoms with van der Waals surface area (Å²) in [7, 11) is 12.6. The van der Waals surface area contributed by atoms with Crippen LogP contribution in [-0.4, -0.2) is 29.9 Å². The predicted molar refractivity (Wildman–Crippen MR) is 396 cm³/mol. The van der Waals surface area contributed by atoms with Crippen molar-refractivity contribution in [2.24, 2.45) is 42.3 Å². The smallest absolute Gasteiger partial charge is 0.217 e. The van der Waals surface area contributed by atoms with E-state index >= 15 is 0 Å². The first-order chi connectivity index (χ1) is 48.0. The molecule has 12 aromatic heterocycles. The standard InChI is InChI=1S/2C16H19N2.2C15H17N2.C13H15N2.C12H13N2/c1-12-7-9-17-11-15(12)16-14-6-4-3-5-13(14)8-10-18(16)2;1-12-7-8-17-10-15(12)16-9-13-5-3-4-6-14(13)11-18(16)2;1-11-6-8-16-10-14(11)15-13-5-3-4-12(13)7-9-17(15)2;1-11-6-7-16-9-14(11)15-8-12-4-3-5-13(12)10-17(15)2;1-10-5-7-15(3)13(8-10)12-9-14-6-4-11(12)2;1-10-6-7-13-9-11(10)12-5-3-4-8-14(12)2/h2*7-11H,3-6H2,1-2H3;2*6-10H,3-5H2,1-2H3;4-9H,1-3H3;3-9H,1-2H3/q6*+1. The van der Waals surface area contributed by atoms with Crippen molar-refractivity contribution in [1.29, 1.82) is 0 Å². The molecule has 0 aromatic carbocycles. The molecule has 502 valence electrons. The van der Waals surface area contributed by atoms with Gasteiger partial charge in [-0.05, 0) is 242 Å². The molecule has 0 bridgehead atoms. The molecule has 12 aromatic rings. The molecule has 12 heteroatoms. The van der Waals surface area contributed by atoms with E-state index in [4.69, 9.17) is 0 Å². The van der Waals surface area contributed by atoms with Gasteiger partial charge in [-0.15, -0.1) is 0 Å². The third-order valence-electron chi connectivity index (χ3n) is 20.2. The lowest BCUT2D eigenvalue weighted by Gasteiger charge is -2.17. The Kier molecular flexibility index (Phi) is 23.3. The Bertz CT molecular complexity index is 4770. The van der Waals surface area contributed by atoms with Gasteiger partial charge in [0.1, 0.15) is 42.3 Å². The van der Waals surface area contributed by atoms with Crippen molar-refractivity contribution >= 4 is 0 Å². The summed E-state index contributed by atoms with van der Waals surface area (Å²) in [6.45, 7) is 14.9. The van der Waals surface area contributed by atoms with Crippen LogP contribution in [-0.2, 0) is 93.7 Å². The summed E-state index contributed by atoms with van der Waals surface area (Å²) in [5.41, 5.74) is 36.2. The highest BCUT2D eigenvalue weighted by Crippen LogP contribution is 2.33. The second-order valence-corrected chi connectivity index (χ2v) is 27.4. The van der Waals surface area contributed by atoms with Gasteiger partial charge in [-0.1, -0.05) is 0 Å². The van der Waals surface area contributed by atoms with Gasteiger partial charge in [0.25, 0.3) is 0 Å². The maximum absolute atomic E-state index is 4.30. The molecule has 12 heterocycles. The lowest BCUT2D eigenvalue weighted by molar-refractivity contribution is -0.661. The third-order valence-corrected chi connectivity index (χ3v) is 20.2. The molecule has 0 aliphatic heterocycles. The topological polar surface area (TPSA) is 101 Å². The molecule has 0 amide bonds. The van der Waals surface area contributed by atoms with Crippen LogP contribution < -0.4 is 27.4 Å². The molecule has 99 heavy (non-hydrogen) atoms. The van der Waals surface area contributed by atoms with Crippen LogP contribution in [0.1, 0.15) is 122 Å². The summed E-state index contributed by atoms with van der Waals surface area (Å²) in [6.07, 6.45) is 53.6. The van der Waals surface area contributed by atoms with Crippen LogP contribution in [0.3, 0.4) is 0 Å². The number of aryl methyl sites for hydroxylation is 19. The number of hydrogen-bond donors (Lipinski definition) is 0. The van der Waals surface area contributed by atoms with Crippen molar-refractivity contribution in [3.8, 4) is 67.5 Å². The average molecular weight is 1310 g/mol. The van der Waals surface area contributed by atoms with Gasteiger partial charge in [-0.25, -0.2) is 27.4 Å². The molecule has 0 spiro atoms. The maximum atomic E-state index is 4.30. The fourth-order valence-electron chi connectivity index (χ4n) is 14.4. The second-order valence-electron chi connectivity index (χ2n) is 27.4. The molecular weight excluding hydrogens is 1210 g/mol. The summed E-state index contributed by atoms with van der Waals surface area (Å²) >= 11 is 0. The molecule has 0 N–H and O–H groups in total. The average Bonchev–Trinajstić information content (AvgIpc) is 1.59. The lowest BCUT2D eigenvalue weighted by Crippen LogP contribution is -2.33. The Labute approximate surface area is 588 Å². The fourth-order valence-corrected chi connectivity index (χ4v) is 14.4. The van der Waals surface area contributed by atoms with E-state index in [1.54, 1.807) is 0 Å². The first-order valence-corrected chi connectivity index (χ1v) is 35.4. The number of fused-ring (bicyclic) bond motifs is 4. The SMILES string of the molecule is Cc1cc[n+](C)c(-c2cnccc2C)c1.Cc1ccncc1-c1c2c(cc[n+]1C)CCC2.Cc1ccncc1-c1c2c(cc[n+]1C)CCCC2.Cc1ccncc1-c1cc2c(c[n+]1C)CCC2.Cc1ccncc1-c1cc2c(c[n+]1C)CCCC2.Cc1ccncc1-c1cccc[n+]1C. The quantitative estimate of drug-likeness (QED) is 0.154. The molecule has 0 radical (unpaired) electrons. The van der Waals surface area contributed by atoms with Gasteiger partial charge in [0.15, 0.2) is 37.2 Å². The number of hydrogen-bond acceptors (Lipinski definition) is 6. The van der Waals surface area contributed by atoms with E-state index in [1.807, 2.05) is 112 Å². The first-order valence-electron chi connectivity index (χ1n) is 35.4. The minimum atomic E-state index is 1.19. The van der Waals surface area contributed by atoms with Crippen molar-refractivity contribution < 1.29 is 27.4 Å². The Hall–Kier alpha value is -10.2. The highest BCUT2D eigenvalue weighted by molar-refractivity contribution is 5.67. The monoisotopic (exact) mass is 1310 g/mol. The number of rotatable bonds is 6. The minimum absolute atomic E-state index is 1.19. The summed E-state index contributed by atoms with van der Waals surface area (Å²) in [5.74, 6) is 0. The summed E-state index contributed by atoms with van der Waals surface area (Å²) in [5, 5.41) is 0. The molecule has 0 saturated carbocycles. The van der Waals surface area contributed by atoms with Gasteiger partial charge in [0.2, 0.25) is 34.2 Å². The third kappa shape index (κ3) is 16.9. The maximum Gasteiger partial charge on any atom is 0.217 e. The van der Waals surface area contributed by atoms with E-state index in [0.717, 1.165) is 0 Å². The van der Waals surface area contributed by atoms with E-state index in [2.05, 4.69) is 239 Å². The summed E-state index contributed by atoms with van der Waals surface area (Å²) in [4.78, 5) is 25.4. The van der Waals surface area contributed by atoms with Gasteiger partial charge < -0.3 is 0 Å². The zero-order chi connectivity index (χ0) is 69.5. The van der Waals surface area contributed by atoms with E-state index in [-0.39, 0.29) is 0 Å². The molecular formula is C87H100N12+6. The van der Waals surface area contributed by atoms with Crippen LogP contribution >= 0.6 is 0 Å². The van der Waals surface area contributed by atoms with Crippen molar-refractivity contribution in [2.45, 2.75) is 138 Å². The minimum Gasteiger partial charge on any atom is -0.264 e. The van der Waals surface area contributed by atoms with Crippen LogP contribution in [0.4, 0.5) is 0 Å². The molecule has 4 aliphatic carbocycles. The van der Waals surface area contributed by atoms with Crippen molar-refractivity contribution in [2.75, 3.05) is 0 Å². The summed E-state index contributed by atoms with van der Waals surface area (Å²) in [6, 6.07) is 32.1. The van der Waals surface area contributed by atoms with Gasteiger partial charge in [-0.3, -0.25) is 29.9 Å². The van der Waals surface area contributed by atoms with Crippen molar-refractivity contribution in [1.82, 2.24) is 29.9 Å². The van der Waals surface area contributed by atoms with Crippen LogP contribution in [0.25, 0.3) is 67.5 Å². The van der Waals surface area contributed by atoms with E-state index in [1.165, 1.54) is 241 Å². The first kappa shape index (κ1) is 70.1. The van der Waals surface area contributed by atoms with E-state index in [0.29, 0.717) is 0 Å². The van der Waals surface area contributed by atoms with Gasteiger partial charge in [-0.2, -0.15) is 0 Å². The largest absolute Gasteiger partial charge is 0.264 e.